The van der Waals surface area contributed by atoms with Crippen molar-refractivity contribution in [2.75, 3.05) is 26.2 Å². The average Bonchev–Trinajstić information content (AvgIpc) is 2.88. The van der Waals surface area contributed by atoms with Crippen LogP contribution in [0.2, 0.25) is 0 Å². The van der Waals surface area contributed by atoms with Crippen LogP contribution in [0.15, 0.2) is 0 Å². The standard InChI is InChI=1S/C13H26N2/c1-3-8-14-12-5-9-15(10-12)11-13(4-2)6-7-13/h12,14H,3-11H2,1-2H3. The highest BCUT2D eigenvalue weighted by atomic mass is 15.2. The molecule has 1 aliphatic heterocycles. The van der Waals surface area contributed by atoms with Gasteiger partial charge in [0.15, 0.2) is 0 Å². The third kappa shape index (κ3) is 2.94. The molecule has 1 saturated heterocycles. The lowest BCUT2D eigenvalue weighted by Gasteiger charge is -2.22. The molecule has 2 fully saturated rings. The zero-order valence-corrected chi connectivity index (χ0v) is 10.4. The zero-order valence-electron chi connectivity index (χ0n) is 10.4. The lowest BCUT2D eigenvalue weighted by Crippen LogP contribution is -2.35. The second kappa shape index (κ2) is 4.84. The number of hydrogen-bond acceptors (Lipinski definition) is 2. The predicted octanol–water partition coefficient (Wildman–Crippen LogP) is 2.25. The highest BCUT2D eigenvalue weighted by Crippen LogP contribution is 2.49. The maximum absolute atomic E-state index is 3.64. The van der Waals surface area contributed by atoms with Crippen molar-refractivity contribution in [1.29, 1.82) is 0 Å². The smallest absolute Gasteiger partial charge is 0.0207 e. The van der Waals surface area contributed by atoms with Crippen LogP contribution >= 0.6 is 0 Å². The van der Waals surface area contributed by atoms with Crippen LogP contribution in [0.5, 0.6) is 0 Å². The first-order chi connectivity index (χ1) is 7.28. The molecule has 2 rings (SSSR count). The van der Waals surface area contributed by atoms with Crippen molar-refractivity contribution in [3.05, 3.63) is 0 Å². The fourth-order valence-corrected chi connectivity index (χ4v) is 2.77. The van der Waals surface area contributed by atoms with Gasteiger partial charge in [-0.1, -0.05) is 13.8 Å². The van der Waals surface area contributed by atoms with Gasteiger partial charge in [0.25, 0.3) is 0 Å². The number of nitrogens with one attached hydrogen (secondary N) is 1. The summed E-state index contributed by atoms with van der Waals surface area (Å²) in [6, 6.07) is 0.776. The van der Waals surface area contributed by atoms with Crippen LogP contribution in [-0.4, -0.2) is 37.1 Å². The third-order valence-corrected chi connectivity index (χ3v) is 4.22. The summed E-state index contributed by atoms with van der Waals surface area (Å²) in [6.07, 6.45) is 6.96. The third-order valence-electron chi connectivity index (χ3n) is 4.22. The van der Waals surface area contributed by atoms with Crippen molar-refractivity contribution in [2.24, 2.45) is 5.41 Å². The molecule has 15 heavy (non-hydrogen) atoms. The molecular weight excluding hydrogens is 184 g/mol. The van der Waals surface area contributed by atoms with Crippen LogP contribution < -0.4 is 5.32 Å². The van der Waals surface area contributed by atoms with Gasteiger partial charge in [-0.25, -0.2) is 0 Å². The summed E-state index contributed by atoms with van der Waals surface area (Å²) in [5, 5.41) is 3.64. The Morgan fingerprint density at radius 2 is 2.13 bits per heavy atom. The van der Waals surface area contributed by atoms with E-state index in [1.807, 2.05) is 0 Å². The molecule has 0 aromatic heterocycles. The summed E-state index contributed by atoms with van der Waals surface area (Å²) in [5.41, 5.74) is 0.736. The Labute approximate surface area is 94.4 Å². The van der Waals surface area contributed by atoms with Crippen molar-refractivity contribution in [1.82, 2.24) is 10.2 Å². The molecule has 0 amide bonds. The second-order valence-corrected chi connectivity index (χ2v) is 5.53. The summed E-state index contributed by atoms with van der Waals surface area (Å²) in [6.45, 7) is 9.78. The van der Waals surface area contributed by atoms with E-state index in [-0.39, 0.29) is 0 Å². The Morgan fingerprint density at radius 1 is 1.33 bits per heavy atom. The number of hydrogen-bond donors (Lipinski definition) is 1. The van der Waals surface area contributed by atoms with E-state index >= 15 is 0 Å². The first-order valence-corrected chi connectivity index (χ1v) is 6.74. The first-order valence-electron chi connectivity index (χ1n) is 6.74. The topological polar surface area (TPSA) is 15.3 Å². The summed E-state index contributed by atoms with van der Waals surface area (Å²) < 4.78 is 0. The lowest BCUT2D eigenvalue weighted by atomic mass is 10.0. The van der Waals surface area contributed by atoms with E-state index < -0.39 is 0 Å². The number of likely N-dealkylation sites (tertiary alicyclic amines) is 1. The second-order valence-electron chi connectivity index (χ2n) is 5.53. The van der Waals surface area contributed by atoms with Crippen LogP contribution in [0.1, 0.15) is 46.0 Å². The number of rotatable bonds is 6. The van der Waals surface area contributed by atoms with Gasteiger partial charge in [-0.2, -0.15) is 0 Å². The Hall–Kier alpha value is -0.0800. The van der Waals surface area contributed by atoms with E-state index in [2.05, 4.69) is 24.1 Å². The highest BCUT2D eigenvalue weighted by Gasteiger charge is 2.42. The Morgan fingerprint density at radius 3 is 2.73 bits per heavy atom. The summed E-state index contributed by atoms with van der Waals surface area (Å²) >= 11 is 0. The lowest BCUT2D eigenvalue weighted by molar-refractivity contribution is 0.253. The minimum Gasteiger partial charge on any atom is -0.313 e. The van der Waals surface area contributed by atoms with Crippen molar-refractivity contribution in [2.45, 2.75) is 52.0 Å². The van der Waals surface area contributed by atoms with Crippen LogP contribution in [0, 0.1) is 5.41 Å². The average molecular weight is 210 g/mol. The van der Waals surface area contributed by atoms with Gasteiger partial charge in [0.05, 0.1) is 0 Å². The van der Waals surface area contributed by atoms with Gasteiger partial charge in [0, 0.05) is 19.1 Å². The summed E-state index contributed by atoms with van der Waals surface area (Å²) in [5.74, 6) is 0. The molecule has 0 aromatic carbocycles. The van der Waals surface area contributed by atoms with E-state index in [0.29, 0.717) is 0 Å². The molecule has 2 aliphatic rings. The van der Waals surface area contributed by atoms with Crippen molar-refractivity contribution >= 4 is 0 Å². The van der Waals surface area contributed by atoms with Crippen molar-refractivity contribution in [3.8, 4) is 0 Å². The van der Waals surface area contributed by atoms with Gasteiger partial charge in [-0.05, 0) is 50.6 Å². The Kier molecular flexibility index (Phi) is 3.68. The van der Waals surface area contributed by atoms with Gasteiger partial charge in [-0.3, -0.25) is 0 Å². The Balaban J connectivity index is 1.68. The SMILES string of the molecule is CCCNC1CCN(CC2(CC)CC2)C1. The molecule has 1 unspecified atom stereocenters. The minimum absolute atomic E-state index is 0.736. The quantitative estimate of drug-likeness (QED) is 0.723. The van der Waals surface area contributed by atoms with Crippen molar-refractivity contribution < 1.29 is 0 Å². The van der Waals surface area contributed by atoms with Crippen molar-refractivity contribution in [3.63, 3.8) is 0 Å². The molecule has 2 nitrogen and oxygen atoms in total. The molecule has 88 valence electrons. The highest BCUT2D eigenvalue weighted by molar-refractivity contribution is 4.96. The largest absolute Gasteiger partial charge is 0.313 e. The van der Waals surface area contributed by atoms with Gasteiger partial charge < -0.3 is 10.2 Å². The maximum atomic E-state index is 3.64. The summed E-state index contributed by atoms with van der Waals surface area (Å²) in [7, 11) is 0. The van der Waals surface area contributed by atoms with Crippen LogP contribution in [0.3, 0.4) is 0 Å². The van der Waals surface area contributed by atoms with E-state index in [1.54, 1.807) is 0 Å². The summed E-state index contributed by atoms with van der Waals surface area (Å²) in [4.78, 5) is 2.68. The molecule has 0 bridgehead atoms. The van der Waals surface area contributed by atoms with Gasteiger partial charge in [0.2, 0.25) is 0 Å². The van der Waals surface area contributed by atoms with Gasteiger partial charge >= 0.3 is 0 Å². The normalized spacial score (nSPS) is 29.6. The molecule has 1 aliphatic carbocycles. The number of nitrogens with zero attached hydrogens (tertiary/aromatic N) is 1. The van der Waals surface area contributed by atoms with E-state index in [1.165, 1.54) is 58.3 Å². The van der Waals surface area contributed by atoms with E-state index in [0.717, 1.165) is 11.5 Å². The minimum atomic E-state index is 0.736. The fourth-order valence-electron chi connectivity index (χ4n) is 2.77. The molecule has 0 radical (unpaired) electrons. The molecule has 1 saturated carbocycles. The molecule has 0 aromatic rings. The van der Waals surface area contributed by atoms with E-state index in [4.69, 9.17) is 0 Å². The molecule has 2 heteroatoms. The molecule has 1 atom stereocenters. The molecule has 1 heterocycles. The predicted molar refractivity (Wildman–Crippen MR) is 65.1 cm³/mol. The van der Waals surface area contributed by atoms with Crippen LogP contribution in [0.25, 0.3) is 0 Å². The first kappa shape index (κ1) is 11.4. The fraction of sp³-hybridized carbons (Fsp3) is 1.00. The van der Waals surface area contributed by atoms with Gasteiger partial charge in [0.1, 0.15) is 0 Å². The molecule has 1 N–H and O–H groups in total. The van der Waals surface area contributed by atoms with Crippen LogP contribution in [0.4, 0.5) is 0 Å². The molecule has 0 spiro atoms. The maximum Gasteiger partial charge on any atom is 0.0207 e. The Bertz CT molecular complexity index is 199. The van der Waals surface area contributed by atoms with Gasteiger partial charge in [-0.15, -0.1) is 0 Å². The monoisotopic (exact) mass is 210 g/mol. The molecular formula is C13H26N2. The zero-order chi connectivity index (χ0) is 10.7. The van der Waals surface area contributed by atoms with E-state index in [9.17, 15) is 0 Å². The van der Waals surface area contributed by atoms with Crippen LogP contribution in [-0.2, 0) is 0 Å².